The summed E-state index contributed by atoms with van der Waals surface area (Å²) in [6.07, 6.45) is 3.73. The summed E-state index contributed by atoms with van der Waals surface area (Å²) in [5.74, 6) is 0. The lowest BCUT2D eigenvalue weighted by atomic mass is 10.2. The summed E-state index contributed by atoms with van der Waals surface area (Å²) in [7, 11) is 4.07. The zero-order valence-corrected chi connectivity index (χ0v) is 8.54. The first-order chi connectivity index (χ1) is 6.25. The highest BCUT2D eigenvalue weighted by Gasteiger charge is 2.02. The van der Waals surface area contributed by atoms with Crippen LogP contribution in [0.25, 0.3) is 0 Å². The Bertz CT molecular complexity index is 258. The summed E-state index contributed by atoms with van der Waals surface area (Å²) in [4.78, 5) is 6.19. The maximum atomic E-state index is 4.11. The predicted molar refractivity (Wildman–Crippen MR) is 55.9 cm³/mol. The van der Waals surface area contributed by atoms with Gasteiger partial charge >= 0.3 is 0 Å². The monoisotopic (exact) mass is 179 g/mol. The SMILES string of the molecule is CCNCc1ccncc1N(C)C. The van der Waals surface area contributed by atoms with E-state index in [2.05, 4.69) is 28.2 Å². The van der Waals surface area contributed by atoms with Gasteiger partial charge < -0.3 is 10.2 Å². The van der Waals surface area contributed by atoms with Crippen molar-refractivity contribution in [1.29, 1.82) is 0 Å². The number of anilines is 1. The number of pyridine rings is 1. The summed E-state index contributed by atoms with van der Waals surface area (Å²) in [6, 6.07) is 2.05. The fourth-order valence-corrected chi connectivity index (χ4v) is 1.23. The summed E-state index contributed by atoms with van der Waals surface area (Å²) in [6.45, 7) is 4.01. The molecule has 0 radical (unpaired) electrons. The van der Waals surface area contributed by atoms with Crippen LogP contribution in [0.1, 0.15) is 12.5 Å². The van der Waals surface area contributed by atoms with Gasteiger partial charge in [-0.1, -0.05) is 6.92 Å². The second-order valence-corrected chi connectivity index (χ2v) is 3.18. The zero-order valence-electron chi connectivity index (χ0n) is 8.54. The van der Waals surface area contributed by atoms with Gasteiger partial charge in [0.15, 0.2) is 0 Å². The number of hydrogen-bond acceptors (Lipinski definition) is 3. The van der Waals surface area contributed by atoms with Gasteiger partial charge in [0.1, 0.15) is 0 Å². The molecule has 0 amide bonds. The Labute approximate surface area is 79.8 Å². The molecule has 0 bridgehead atoms. The first-order valence-electron chi connectivity index (χ1n) is 4.56. The lowest BCUT2D eigenvalue weighted by Gasteiger charge is -2.16. The van der Waals surface area contributed by atoms with Crippen molar-refractivity contribution in [2.24, 2.45) is 0 Å². The minimum absolute atomic E-state index is 0.909. The summed E-state index contributed by atoms with van der Waals surface area (Å²) in [5, 5.41) is 3.31. The molecule has 0 saturated heterocycles. The summed E-state index contributed by atoms with van der Waals surface area (Å²) >= 11 is 0. The third-order valence-corrected chi connectivity index (χ3v) is 1.93. The molecule has 3 nitrogen and oxygen atoms in total. The molecule has 0 aromatic carbocycles. The van der Waals surface area contributed by atoms with Crippen molar-refractivity contribution in [3.05, 3.63) is 24.0 Å². The molecule has 0 fully saturated rings. The highest BCUT2D eigenvalue weighted by Crippen LogP contribution is 2.15. The van der Waals surface area contributed by atoms with Crippen molar-refractivity contribution in [1.82, 2.24) is 10.3 Å². The van der Waals surface area contributed by atoms with E-state index in [0.717, 1.165) is 13.1 Å². The minimum Gasteiger partial charge on any atom is -0.376 e. The number of aromatic nitrogens is 1. The summed E-state index contributed by atoms with van der Waals surface area (Å²) in [5.41, 5.74) is 2.48. The maximum Gasteiger partial charge on any atom is 0.0593 e. The Balaban J connectivity index is 2.78. The Morgan fingerprint density at radius 3 is 2.85 bits per heavy atom. The molecular formula is C10H17N3. The highest BCUT2D eigenvalue weighted by molar-refractivity contribution is 5.50. The van der Waals surface area contributed by atoms with Gasteiger partial charge in [0.25, 0.3) is 0 Å². The first-order valence-corrected chi connectivity index (χ1v) is 4.56. The average Bonchev–Trinajstić information content (AvgIpc) is 2.15. The van der Waals surface area contributed by atoms with Crippen LogP contribution in [0, 0.1) is 0 Å². The highest BCUT2D eigenvalue weighted by atomic mass is 15.1. The molecule has 0 spiro atoms. The van der Waals surface area contributed by atoms with Gasteiger partial charge in [0, 0.05) is 26.8 Å². The van der Waals surface area contributed by atoms with Crippen molar-refractivity contribution < 1.29 is 0 Å². The van der Waals surface area contributed by atoms with Crippen molar-refractivity contribution in [3.8, 4) is 0 Å². The normalized spacial score (nSPS) is 10.1. The molecule has 0 saturated carbocycles. The van der Waals surface area contributed by atoms with Crippen LogP contribution in [0.3, 0.4) is 0 Å². The van der Waals surface area contributed by atoms with Gasteiger partial charge in [-0.25, -0.2) is 0 Å². The second-order valence-electron chi connectivity index (χ2n) is 3.18. The molecule has 0 atom stereocenters. The molecule has 13 heavy (non-hydrogen) atoms. The topological polar surface area (TPSA) is 28.2 Å². The van der Waals surface area contributed by atoms with Crippen LogP contribution < -0.4 is 10.2 Å². The van der Waals surface area contributed by atoms with E-state index in [0.29, 0.717) is 0 Å². The first kappa shape index (κ1) is 9.99. The van der Waals surface area contributed by atoms with Crippen LogP contribution in [0.5, 0.6) is 0 Å². The van der Waals surface area contributed by atoms with Crippen molar-refractivity contribution >= 4 is 5.69 Å². The van der Waals surface area contributed by atoms with Gasteiger partial charge in [0.2, 0.25) is 0 Å². The molecular weight excluding hydrogens is 162 g/mol. The summed E-state index contributed by atoms with van der Waals surface area (Å²) < 4.78 is 0. The van der Waals surface area contributed by atoms with E-state index in [4.69, 9.17) is 0 Å². The lowest BCUT2D eigenvalue weighted by Crippen LogP contribution is -2.17. The molecule has 0 aliphatic rings. The molecule has 0 unspecified atom stereocenters. The van der Waals surface area contributed by atoms with E-state index in [9.17, 15) is 0 Å². The Kier molecular flexibility index (Phi) is 3.71. The van der Waals surface area contributed by atoms with Gasteiger partial charge in [-0.2, -0.15) is 0 Å². The van der Waals surface area contributed by atoms with Crippen molar-refractivity contribution in [3.63, 3.8) is 0 Å². The van der Waals surface area contributed by atoms with E-state index in [-0.39, 0.29) is 0 Å². The van der Waals surface area contributed by atoms with Crippen LogP contribution >= 0.6 is 0 Å². The smallest absolute Gasteiger partial charge is 0.0593 e. The van der Waals surface area contributed by atoms with Crippen LogP contribution in [0.15, 0.2) is 18.5 Å². The Morgan fingerprint density at radius 1 is 1.46 bits per heavy atom. The standard InChI is InChI=1S/C10H17N3/c1-4-11-7-9-5-6-12-8-10(9)13(2)3/h5-6,8,11H,4,7H2,1-3H3. The Hall–Kier alpha value is -1.09. The molecule has 3 heteroatoms. The van der Waals surface area contributed by atoms with Crippen LogP contribution in [-0.2, 0) is 6.54 Å². The van der Waals surface area contributed by atoms with E-state index in [1.807, 2.05) is 26.5 Å². The molecule has 1 rings (SSSR count). The zero-order chi connectivity index (χ0) is 9.68. The average molecular weight is 179 g/mol. The van der Waals surface area contributed by atoms with Gasteiger partial charge in [-0.15, -0.1) is 0 Å². The number of nitrogens with zero attached hydrogens (tertiary/aromatic N) is 2. The molecule has 72 valence electrons. The molecule has 1 N–H and O–H groups in total. The van der Waals surface area contributed by atoms with E-state index in [1.165, 1.54) is 11.3 Å². The van der Waals surface area contributed by atoms with Crippen molar-refractivity contribution in [2.45, 2.75) is 13.5 Å². The molecule has 0 aliphatic heterocycles. The minimum atomic E-state index is 0.909. The number of rotatable bonds is 4. The fourth-order valence-electron chi connectivity index (χ4n) is 1.23. The van der Waals surface area contributed by atoms with E-state index >= 15 is 0 Å². The van der Waals surface area contributed by atoms with Gasteiger partial charge in [-0.3, -0.25) is 4.98 Å². The van der Waals surface area contributed by atoms with Crippen molar-refractivity contribution in [2.75, 3.05) is 25.5 Å². The number of hydrogen-bond donors (Lipinski definition) is 1. The largest absolute Gasteiger partial charge is 0.376 e. The van der Waals surface area contributed by atoms with Crippen LogP contribution in [0.2, 0.25) is 0 Å². The van der Waals surface area contributed by atoms with E-state index in [1.54, 1.807) is 0 Å². The van der Waals surface area contributed by atoms with Crippen LogP contribution in [0.4, 0.5) is 5.69 Å². The molecule has 1 aromatic heterocycles. The fraction of sp³-hybridized carbons (Fsp3) is 0.500. The lowest BCUT2D eigenvalue weighted by molar-refractivity contribution is 0.724. The maximum absolute atomic E-state index is 4.11. The third kappa shape index (κ3) is 2.70. The van der Waals surface area contributed by atoms with E-state index < -0.39 is 0 Å². The molecule has 1 heterocycles. The van der Waals surface area contributed by atoms with Crippen LogP contribution in [-0.4, -0.2) is 25.6 Å². The Morgan fingerprint density at radius 2 is 2.23 bits per heavy atom. The quantitative estimate of drug-likeness (QED) is 0.754. The molecule has 0 aliphatic carbocycles. The molecule has 1 aromatic rings. The van der Waals surface area contributed by atoms with Gasteiger partial charge in [0.05, 0.1) is 11.9 Å². The second kappa shape index (κ2) is 4.82. The third-order valence-electron chi connectivity index (χ3n) is 1.93. The predicted octanol–water partition coefficient (Wildman–Crippen LogP) is 1.26. The van der Waals surface area contributed by atoms with Gasteiger partial charge in [-0.05, 0) is 18.2 Å². The number of nitrogens with one attached hydrogen (secondary N) is 1.